The molecule has 1 aromatic rings. The van der Waals surface area contributed by atoms with Gasteiger partial charge in [0.1, 0.15) is 0 Å². The lowest BCUT2D eigenvalue weighted by atomic mass is 9.41. The van der Waals surface area contributed by atoms with Crippen LogP contribution in [0.25, 0.3) is 0 Å². The van der Waals surface area contributed by atoms with Gasteiger partial charge in [0.25, 0.3) is 0 Å². The second kappa shape index (κ2) is 4.84. The molecule has 3 saturated carbocycles. The molecule has 4 heteroatoms. The molecule has 0 aromatic heterocycles. The molecule has 124 valence electrons. The Morgan fingerprint density at radius 2 is 1.87 bits per heavy atom. The van der Waals surface area contributed by atoms with E-state index < -0.39 is 0 Å². The molecule has 0 amide bonds. The highest BCUT2D eigenvalue weighted by Crippen LogP contribution is 2.69. The summed E-state index contributed by atoms with van der Waals surface area (Å²) in [5.74, 6) is 1.18. The third-order valence-electron chi connectivity index (χ3n) is 7.22. The Kier molecular flexibility index (Phi) is 3.30. The Labute approximate surface area is 140 Å². The van der Waals surface area contributed by atoms with Gasteiger partial charge in [-0.3, -0.25) is 0 Å². The second-order valence-corrected chi connectivity index (χ2v) is 8.81. The van der Waals surface area contributed by atoms with Gasteiger partial charge in [-0.25, -0.2) is 0 Å². The smallest absolute Gasteiger partial charge is 0.402 e. The van der Waals surface area contributed by atoms with Crippen LogP contribution in [0.5, 0.6) is 0 Å². The van der Waals surface area contributed by atoms with Crippen molar-refractivity contribution in [2.75, 3.05) is 0 Å². The van der Waals surface area contributed by atoms with Gasteiger partial charge in [-0.15, -0.1) is 0 Å². The number of rotatable bonds is 3. The summed E-state index contributed by atoms with van der Waals surface area (Å²) in [5, 5.41) is 0. The van der Waals surface area contributed by atoms with Crippen molar-refractivity contribution in [1.82, 2.24) is 0 Å². The molecule has 1 aromatic carbocycles. The van der Waals surface area contributed by atoms with E-state index in [0.717, 1.165) is 18.8 Å². The summed E-state index contributed by atoms with van der Waals surface area (Å²) < 4.78 is 13.0. The van der Waals surface area contributed by atoms with Gasteiger partial charge in [0.05, 0.1) is 11.2 Å². The van der Waals surface area contributed by atoms with Crippen molar-refractivity contribution in [1.29, 1.82) is 0 Å². The fourth-order valence-corrected chi connectivity index (χ4v) is 5.39. The summed E-state index contributed by atoms with van der Waals surface area (Å²) >= 11 is 0. The lowest BCUT2D eigenvalue weighted by molar-refractivity contribution is -0.235. The van der Waals surface area contributed by atoms with Crippen molar-refractivity contribution in [3.63, 3.8) is 0 Å². The van der Waals surface area contributed by atoms with Crippen LogP contribution in [0.1, 0.15) is 46.1 Å². The summed E-state index contributed by atoms with van der Waals surface area (Å²) in [6, 6.07) is 10.4. The molecule has 1 aliphatic heterocycles. The monoisotopic (exact) mass is 313 g/mol. The van der Waals surface area contributed by atoms with Crippen LogP contribution in [0.4, 0.5) is 0 Å². The van der Waals surface area contributed by atoms with E-state index >= 15 is 0 Å². The molecule has 1 heterocycles. The molecule has 3 aliphatic carbocycles. The Morgan fingerprint density at radius 3 is 2.52 bits per heavy atom. The highest BCUT2D eigenvalue weighted by molar-refractivity contribution is 6.47. The first-order chi connectivity index (χ1) is 10.8. The predicted octanol–water partition coefficient (Wildman–Crippen LogP) is 3.21. The van der Waals surface area contributed by atoms with Crippen molar-refractivity contribution in [3.05, 3.63) is 35.9 Å². The van der Waals surface area contributed by atoms with Gasteiger partial charge in [0, 0.05) is 5.94 Å². The standard InChI is InChI=1S/C19H28BNO2/c1-17(2)14-11-15(17)19(4)18(3,12-14)22-20(23-19)16(21)10-13-8-6-5-7-9-13/h5-9,14-16H,10-12,21H2,1-4H3/t14-,15-,16?,18+,19-/m0/s1. The van der Waals surface area contributed by atoms with E-state index in [4.69, 9.17) is 15.0 Å². The van der Waals surface area contributed by atoms with E-state index in [-0.39, 0.29) is 24.3 Å². The second-order valence-electron chi connectivity index (χ2n) is 8.81. The largest absolute Gasteiger partial charge is 0.476 e. The minimum atomic E-state index is -0.305. The van der Waals surface area contributed by atoms with Crippen LogP contribution in [0, 0.1) is 17.3 Å². The summed E-state index contributed by atoms with van der Waals surface area (Å²) in [4.78, 5) is 0. The first-order valence-electron chi connectivity index (χ1n) is 8.91. The maximum Gasteiger partial charge on any atom is 0.476 e. The van der Waals surface area contributed by atoms with Crippen molar-refractivity contribution in [2.24, 2.45) is 23.0 Å². The fourth-order valence-electron chi connectivity index (χ4n) is 5.39. The quantitative estimate of drug-likeness (QED) is 0.872. The van der Waals surface area contributed by atoms with E-state index in [1.807, 2.05) is 6.07 Å². The van der Waals surface area contributed by atoms with E-state index in [0.29, 0.717) is 11.3 Å². The Hall–Kier alpha value is -0.835. The molecule has 5 rings (SSSR count). The molecule has 2 N–H and O–H groups in total. The van der Waals surface area contributed by atoms with Crippen LogP contribution in [-0.4, -0.2) is 24.3 Å². The molecule has 1 saturated heterocycles. The zero-order valence-corrected chi connectivity index (χ0v) is 14.7. The molecule has 3 nitrogen and oxygen atoms in total. The maximum atomic E-state index is 6.53. The molecule has 0 spiro atoms. The first kappa shape index (κ1) is 15.7. The molecular weight excluding hydrogens is 285 g/mol. The molecule has 5 atom stereocenters. The van der Waals surface area contributed by atoms with E-state index in [9.17, 15) is 0 Å². The Morgan fingerprint density at radius 1 is 1.17 bits per heavy atom. The molecule has 1 unspecified atom stereocenters. The molecule has 4 aliphatic rings. The van der Waals surface area contributed by atoms with Gasteiger partial charge >= 0.3 is 7.12 Å². The van der Waals surface area contributed by atoms with Crippen molar-refractivity contribution in [3.8, 4) is 0 Å². The fraction of sp³-hybridized carbons (Fsp3) is 0.684. The Bertz CT molecular complexity index is 607. The Balaban J connectivity index is 1.54. The van der Waals surface area contributed by atoms with Crippen molar-refractivity contribution in [2.45, 2.75) is 64.1 Å². The molecule has 23 heavy (non-hydrogen) atoms. The lowest BCUT2D eigenvalue weighted by Crippen LogP contribution is -2.70. The molecular formula is C19H28BNO2. The van der Waals surface area contributed by atoms with Crippen molar-refractivity contribution < 1.29 is 9.31 Å². The molecule has 4 fully saturated rings. The third kappa shape index (κ3) is 2.08. The highest BCUT2D eigenvalue weighted by atomic mass is 16.7. The van der Waals surface area contributed by atoms with Crippen molar-refractivity contribution >= 4 is 7.12 Å². The summed E-state index contributed by atoms with van der Waals surface area (Å²) in [6.07, 6.45) is 3.14. The average Bonchev–Trinajstić information content (AvgIpc) is 2.79. The van der Waals surface area contributed by atoms with Gasteiger partial charge in [0.2, 0.25) is 0 Å². The SMILES string of the molecule is CC1(C)[C@H]2C[C@@H]1[C@]1(C)OB(C(N)Cc3ccccc3)O[C@]1(C)C2. The van der Waals surface area contributed by atoms with Crippen LogP contribution in [0.3, 0.4) is 0 Å². The normalized spacial score (nSPS) is 42.0. The number of nitrogens with two attached hydrogens (primary N) is 1. The minimum absolute atomic E-state index is 0.128. The highest BCUT2D eigenvalue weighted by Gasteiger charge is 2.73. The number of hydrogen-bond donors (Lipinski definition) is 1. The topological polar surface area (TPSA) is 44.5 Å². The summed E-state index contributed by atoms with van der Waals surface area (Å²) in [7, 11) is -0.305. The third-order valence-corrected chi connectivity index (χ3v) is 7.22. The zero-order chi connectivity index (χ0) is 16.5. The van der Waals surface area contributed by atoms with Crippen LogP contribution >= 0.6 is 0 Å². The van der Waals surface area contributed by atoms with Gasteiger partial charge in [-0.1, -0.05) is 44.2 Å². The number of benzene rings is 1. The van der Waals surface area contributed by atoms with Gasteiger partial charge in [0.15, 0.2) is 0 Å². The van der Waals surface area contributed by atoms with E-state index in [1.165, 1.54) is 12.0 Å². The average molecular weight is 313 g/mol. The van der Waals surface area contributed by atoms with Crippen LogP contribution in [0.2, 0.25) is 0 Å². The van der Waals surface area contributed by atoms with Gasteiger partial charge in [-0.2, -0.15) is 0 Å². The number of hydrogen-bond acceptors (Lipinski definition) is 3. The first-order valence-corrected chi connectivity index (χ1v) is 8.91. The van der Waals surface area contributed by atoms with Gasteiger partial charge in [-0.05, 0) is 55.9 Å². The molecule has 2 bridgehead atoms. The lowest BCUT2D eigenvalue weighted by Gasteiger charge is -2.67. The zero-order valence-electron chi connectivity index (χ0n) is 14.7. The summed E-state index contributed by atoms with van der Waals surface area (Å²) in [6.45, 7) is 9.26. The van der Waals surface area contributed by atoms with E-state index in [2.05, 4.69) is 52.0 Å². The maximum absolute atomic E-state index is 6.53. The van der Waals surface area contributed by atoms with Gasteiger partial charge < -0.3 is 15.0 Å². The molecule has 0 radical (unpaired) electrons. The summed E-state index contributed by atoms with van der Waals surface area (Å²) in [5.41, 5.74) is 7.64. The minimum Gasteiger partial charge on any atom is -0.402 e. The van der Waals surface area contributed by atoms with Crippen LogP contribution in [-0.2, 0) is 15.7 Å². The van der Waals surface area contributed by atoms with Crippen LogP contribution in [0.15, 0.2) is 30.3 Å². The van der Waals surface area contributed by atoms with E-state index in [1.54, 1.807) is 0 Å². The predicted molar refractivity (Wildman–Crippen MR) is 92.9 cm³/mol. The van der Waals surface area contributed by atoms with Crippen LogP contribution < -0.4 is 5.73 Å².